The lowest BCUT2D eigenvalue weighted by molar-refractivity contribution is 0.0735. The molecule has 0 bridgehead atoms. The molecule has 0 aliphatic rings. The number of benzene rings is 3. The maximum Gasteiger partial charge on any atom is 0.343 e. The van der Waals surface area contributed by atoms with E-state index in [1.165, 1.54) is 29.5 Å². The van der Waals surface area contributed by atoms with E-state index in [1.54, 1.807) is 0 Å². The second-order valence-corrected chi connectivity index (χ2v) is 7.16. The fraction of sp³-hybridized carbons (Fsp3) is 0.269. The third-order valence-corrected chi connectivity index (χ3v) is 4.90. The number of rotatable bonds is 8. The standard InChI is InChI=1S/C26H28O2/c1-3-5-7-21-8-12-22(13-9-21)23-16-18-25(19-17-23)28-26(27)24-14-10-20(6-4-2)11-15-24/h8-19H,3-7H2,1-2H3. The zero-order valence-electron chi connectivity index (χ0n) is 16.8. The Bertz CT molecular complexity index is 875. The zero-order valence-corrected chi connectivity index (χ0v) is 16.8. The number of esters is 1. The Labute approximate surface area is 168 Å². The molecule has 0 N–H and O–H groups in total. The van der Waals surface area contributed by atoms with E-state index in [-0.39, 0.29) is 5.97 Å². The third-order valence-electron chi connectivity index (χ3n) is 4.90. The Morgan fingerprint density at radius 3 is 1.79 bits per heavy atom. The van der Waals surface area contributed by atoms with E-state index >= 15 is 0 Å². The average molecular weight is 373 g/mol. The number of ether oxygens (including phenoxy) is 1. The minimum atomic E-state index is -0.323. The molecule has 0 aromatic heterocycles. The molecule has 0 aliphatic carbocycles. The summed E-state index contributed by atoms with van der Waals surface area (Å²) in [6.07, 6.45) is 5.69. The van der Waals surface area contributed by atoms with Crippen molar-refractivity contribution in [1.82, 2.24) is 0 Å². The lowest BCUT2D eigenvalue weighted by atomic mass is 10.0. The normalized spacial score (nSPS) is 10.6. The molecule has 28 heavy (non-hydrogen) atoms. The largest absolute Gasteiger partial charge is 0.423 e. The van der Waals surface area contributed by atoms with Crippen LogP contribution in [0.25, 0.3) is 11.1 Å². The molecule has 0 heterocycles. The van der Waals surface area contributed by atoms with Crippen molar-refractivity contribution in [1.29, 1.82) is 0 Å². The van der Waals surface area contributed by atoms with Gasteiger partial charge in [-0.05, 0) is 65.8 Å². The van der Waals surface area contributed by atoms with Crippen molar-refractivity contribution >= 4 is 5.97 Å². The van der Waals surface area contributed by atoms with Crippen LogP contribution in [0.1, 0.15) is 54.6 Å². The van der Waals surface area contributed by atoms with Crippen molar-refractivity contribution in [2.24, 2.45) is 0 Å². The number of hydrogen-bond acceptors (Lipinski definition) is 2. The number of carbonyl (C=O) groups is 1. The van der Waals surface area contributed by atoms with Gasteiger partial charge in [0.05, 0.1) is 5.56 Å². The van der Waals surface area contributed by atoms with E-state index in [0.717, 1.165) is 24.8 Å². The molecule has 0 saturated carbocycles. The summed E-state index contributed by atoms with van der Waals surface area (Å²) in [5.74, 6) is 0.238. The van der Waals surface area contributed by atoms with Gasteiger partial charge in [0.2, 0.25) is 0 Å². The third kappa shape index (κ3) is 5.32. The Morgan fingerprint density at radius 1 is 0.679 bits per heavy atom. The van der Waals surface area contributed by atoms with E-state index in [2.05, 4.69) is 38.1 Å². The molecule has 3 aromatic carbocycles. The van der Waals surface area contributed by atoms with Crippen LogP contribution < -0.4 is 4.74 Å². The first-order valence-corrected chi connectivity index (χ1v) is 10.2. The maximum absolute atomic E-state index is 12.3. The average Bonchev–Trinajstić information content (AvgIpc) is 2.74. The van der Waals surface area contributed by atoms with Crippen molar-refractivity contribution in [3.8, 4) is 16.9 Å². The quantitative estimate of drug-likeness (QED) is 0.319. The van der Waals surface area contributed by atoms with Gasteiger partial charge in [-0.15, -0.1) is 0 Å². The van der Waals surface area contributed by atoms with Crippen molar-refractivity contribution in [3.05, 3.63) is 89.5 Å². The molecule has 0 fully saturated rings. The van der Waals surface area contributed by atoms with Crippen molar-refractivity contribution in [3.63, 3.8) is 0 Å². The molecule has 0 spiro atoms. The summed E-state index contributed by atoms with van der Waals surface area (Å²) in [4.78, 5) is 12.3. The lowest BCUT2D eigenvalue weighted by Gasteiger charge is -2.08. The van der Waals surface area contributed by atoms with E-state index in [9.17, 15) is 4.79 Å². The fourth-order valence-corrected chi connectivity index (χ4v) is 3.22. The van der Waals surface area contributed by atoms with Crippen LogP contribution in [-0.2, 0) is 12.8 Å². The Hall–Kier alpha value is -2.87. The van der Waals surface area contributed by atoms with Crippen LogP contribution in [0.5, 0.6) is 5.75 Å². The molecule has 0 unspecified atom stereocenters. The van der Waals surface area contributed by atoms with Gasteiger partial charge in [-0.3, -0.25) is 0 Å². The summed E-state index contributed by atoms with van der Waals surface area (Å²) in [6, 6.07) is 24.1. The Balaban J connectivity index is 1.63. The van der Waals surface area contributed by atoms with Gasteiger partial charge in [-0.25, -0.2) is 4.79 Å². The minimum absolute atomic E-state index is 0.323. The summed E-state index contributed by atoms with van der Waals surface area (Å²) in [5, 5.41) is 0. The summed E-state index contributed by atoms with van der Waals surface area (Å²) in [5.41, 5.74) is 5.48. The monoisotopic (exact) mass is 372 g/mol. The molecular weight excluding hydrogens is 344 g/mol. The van der Waals surface area contributed by atoms with Crippen molar-refractivity contribution in [2.75, 3.05) is 0 Å². The number of aryl methyl sites for hydroxylation is 2. The molecule has 2 heteroatoms. The van der Waals surface area contributed by atoms with Gasteiger partial charge in [0.15, 0.2) is 0 Å². The predicted molar refractivity (Wildman–Crippen MR) is 116 cm³/mol. The van der Waals surface area contributed by atoms with Crippen LogP contribution in [0.4, 0.5) is 0 Å². The lowest BCUT2D eigenvalue weighted by Crippen LogP contribution is -2.08. The van der Waals surface area contributed by atoms with E-state index in [4.69, 9.17) is 4.74 Å². The smallest absolute Gasteiger partial charge is 0.343 e. The first-order valence-electron chi connectivity index (χ1n) is 10.2. The molecule has 0 radical (unpaired) electrons. The van der Waals surface area contributed by atoms with Gasteiger partial charge in [-0.2, -0.15) is 0 Å². The Kier molecular flexibility index (Phi) is 7.02. The summed E-state index contributed by atoms with van der Waals surface area (Å²) in [6.45, 7) is 4.36. The van der Waals surface area contributed by atoms with E-state index in [1.807, 2.05) is 48.5 Å². The molecule has 3 rings (SSSR count). The first-order chi connectivity index (χ1) is 13.7. The second kappa shape index (κ2) is 9.89. The summed E-state index contributed by atoms with van der Waals surface area (Å²) < 4.78 is 5.52. The van der Waals surface area contributed by atoms with Crippen LogP contribution in [0.3, 0.4) is 0 Å². The molecule has 2 nitrogen and oxygen atoms in total. The highest BCUT2D eigenvalue weighted by molar-refractivity contribution is 5.91. The molecule has 144 valence electrons. The SMILES string of the molecule is CCCCc1ccc(-c2ccc(OC(=O)c3ccc(CCC)cc3)cc2)cc1. The molecular formula is C26H28O2. The molecule has 0 atom stereocenters. The van der Waals surface area contributed by atoms with Crippen molar-refractivity contribution in [2.45, 2.75) is 46.0 Å². The molecule has 3 aromatic rings. The second-order valence-electron chi connectivity index (χ2n) is 7.16. The highest BCUT2D eigenvalue weighted by atomic mass is 16.5. The van der Waals surface area contributed by atoms with Gasteiger partial charge in [0.1, 0.15) is 5.75 Å². The van der Waals surface area contributed by atoms with Crippen LogP contribution in [0.2, 0.25) is 0 Å². The van der Waals surface area contributed by atoms with Crippen LogP contribution in [-0.4, -0.2) is 5.97 Å². The minimum Gasteiger partial charge on any atom is -0.423 e. The van der Waals surface area contributed by atoms with Gasteiger partial charge in [0.25, 0.3) is 0 Å². The van der Waals surface area contributed by atoms with Gasteiger partial charge >= 0.3 is 5.97 Å². The van der Waals surface area contributed by atoms with E-state index < -0.39 is 0 Å². The number of hydrogen-bond donors (Lipinski definition) is 0. The van der Waals surface area contributed by atoms with Gasteiger partial charge in [-0.1, -0.05) is 75.2 Å². The number of carbonyl (C=O) groups excluding carboxylic acids is 1. The summed E-state index contributed by atoms with van der Waals surface area (Å²) >= 11 is 0. The molecule has 0 amide bonds. The first kappa shape index (κ1) is 19.9. The zero-order chi connectivity index (χ0) is 19.8. The van der Waals surface area contributed by atoms with E-state index in [0.29, 0.717) is 11.3 Å². The van der Waals surface area contributed by atoms with Crippen LogP contribution >= 0.6 is 0 Å². The van der Waals surface area contributed by atoms with Crippen molar-refractivity contribution < 1.29 is 9.53 Å². The van der Waals surface area contributed by atoms with Crippen LogP contribution in [0.15, 0.2) is 72.8 Å². The Morgan fingerprint density at radius 2 is 1.21 bits per heavy atom. The van der Waals surface area contributed by atoms with Gasteiger partial charge in [0, 0.05) is 0 Å². The topological polar surface area (TPSA) is 26.3 Å². The van der Waals surface area contributed by atoms with Crippen LogP contribution in [0, 0.1) is 0 Å². The highest BCUT2D eigenvalue weighted by Gasteiger charge is 2.09. The molecule has 0 saturated heterocycles. The predicted octanol–water partition coefficient (Wildman–Crippen LogP) is 6.87. The maximum atomic E-state index is 12.3. The summed E-state index contributed by atoms with van der Waals surface area (Å²) in [7, 11) is 0. The van der Waals surface area contributed by atoms with Gasteiger partial charge < -0.3 is 4.74 Å². The molecule has 0 aliphatic heterocycles. The number of unbranched alkanes of at least 4 members (excludes halogenated alkanes) is 1. The highest BCUT2D eigenvalue weighted by Crippen LogP contribution is 2.24. The fourth-order valence-electron chi connectivity index (χ4n) is 3.22.